The molecule has 2 aromatic rings. The molecule has 0 radical (unpaired) electrons. The van der Waals surface area contributed by atoms with Gasteiger partial charge in [0.1, 0.15) is 5.52 Å². The molecule has 3 N–H and O–H groups in total. The summed E-state index contributed by atoms with van der Waals surface area (Å²) in [6, 6.07) is 3.87. The van der Waals surface area contributed by atoms with Crippen LogP contribution >= 0.6 is 0 Å². The first-order valence-corrected chi connectivity index (χ1v) is 6.40. The number of hydrogen-bond acceptors (Lipinski definition) is 3. The zero-order valence-corrected chi connectivity index (χ0v) is 10.5. The second kappa shape index (κ2) is 4.79. The zero-order chi connectivity index (χ0) is 13.2. The lowest BCUT2D eigenvalue weighted by Gasteiger charge is -2.33. The second-order valence-electron chi connectivity index (χ2n) is 4.81. The van der Waals surface area contributed by atoms with Gasteiger partial charge in [0.15, 0.2) is 0 Å². The lowest BCUT2D eigenvalue weighted by atomic mass is 10.1. The molecule has 1 unspecified atom stereocenters. The van der Waals surface area contributed by atoms with Gasteiger partial charge in [-0.05, 0) is 25.0 Å². The van der Waals surface area contributed by atoms with Crippen molar-refractivity contribution in [3.63, 3.8) is 0 Å². The fourth-order valence-electron chi connectivity index (χ4n) is 2.67. The van der Waals surface area contributed by atoms with Crippen molar-refractivity contribution in [2.45, 2.75) is 18.9 Å². The Morgan fingerprint density at radius 1 is 1.58 bits per heavy atom. The first kappa shape index (κ1) is 11.8. The topological polar surface area (TPSA) is 81.2 Å². The highest BCUT2D eigenvalue weighted by atomic mass is 16.4. The van der Waals surface area contributed by atoms with Crippen molar-refractivity contribution in [2.75, 3.05) is 18.0 Å². The number of nitrogens with zero attached hydrogens (tertiary/aromatic N) is 2. The van der Waals surface area contributed by atoms with E-state index >= 15 is 0 Å². The highest BCUT2D eigenvalue weighted by Crippen LogP contribution is 2.27. The lowest BCUT2D eigenvalue weighted by Crippen LogP contribution is -2.47. The van der Waals surface area contributed by atoms with Gasteiger partial charge < -0.3 is 20.3 Å². The van der Waals surface area contributed by atoms with Crippen LogP contribution in [0.25, 0.3) is 11.0 Å². The number of H-pyrrole nitrogens is 1. The van der Waals surface area contributed by atoms with Crippen molar-refractivity contribution < 1.29 is 9.90 Å². The van der Waals surface area contributed by atoms with E-state index in [2.05, 4.69) is 20.2 Å². The molecule has 3 heterocycles. The first-order chi connectivity index (χ1) is 9.24. The molecule has 100 valence electrons. The van der Waals surface area contributed by atoms with Crippen molar-refractivity contribution in [3.05, 3.63) is 24.5 Å². The van der Waals surface area contributed by atoms with Crippen molar-refractivity contribution in [1.29, 1.82) is 0 Å². The number of rotatable bonds is 2. The molecule has 3 rings (SSSR count). The average Bonchev–Trinajstić information content (AvgIpc) is 2.82. The summed E-state index contributed by atoms with van der Waals surface area (Å²) in [7, 11) is 0. The number of carbonyl (C=O) groups is 1. The fourth-order valence-corrected chi connectivity index (χ4v) is 2.67. The number of aromatic amines is 1. The largest absolute Gasteiger partial charge is 0.465 e. The first-order valence-electron chi connectivity index (χ1n) is 6.40. The minimum atomic E-state index is -0.955. The Balaban J connectivity index is 1.83. The third-order valence-corrected chi connectivity index (χ3v) is 3.50. The number of piperidine rings is 1. The van der Waals surface area contributed by atoms with Crippen LogP contribution in [0, 0.1) is 0 Å². The van der Waals surface area contributed by atoms with Crippen molar-refractivity contribution in [2.24, 2.45) is 0 Å². The number of hydrogen-bond donors (Lipinski definition) is 3. The van der Waals surface area contributed by atoms with Crippen LogP contribution in [-0.4, -0.2) is 40.3 Å². The van der Waals surface area contributed by atoms with E-state index in [1.54, 1.807) is 6.20 Å². The predicted octanol–water partition coefficient (Wildman–Crippen LogP) is 1.80. The van der Waals surface area contributed by atoms with Gasteiger partial charge in [-0.3, -0.25) is 4.98 Å². The van der Waals surface area contributed by atoms with E-state index in [0.717, 1.165) is 36.1 Å². The van der Waals surface area contributed by atoms with Gasteiger partial charge in [0.25, 0.3) is 0 Å². The Hall–Kier alpha value is -2.24. The molecule has 1 aliphatic rings. The third kappa shape index (κ3) is 2.33. The Morgan fingerprint density at radius 3 is 3.32 bits per heavy atom. The van der Waals surface area contributed by atoms with Gasteiger partial charge in [0, 0.05) is 31.5 Å². The smallest absolute Gasteiger partial charge is 0.404 e. The molecule has 2 aromatic heterocycles. The van der Waals surface area contributed by atoms with Crippen LogP contribution < -0.4 is 10.2 Å². The van der Waals surface area contributed by atoms with E-state index in [1.165, 1.54) is 0 Å². The molecule has 19 heavy (non-hydrogen) atoms. The summed E-state index contributed by atoms with van der Waals surface area (Å²) in [6.45, 7) is 1.62. The molecule has 1 amide bonds. The van der Waals surface area contributed by atoms with Gasteiger partial charge in [-0.15, -0.1) is 0 Å². The summed E-state index contributed by atoms with van der Waals surface area (Å²) < 4.78 is 0. The van der Waals surface area contributed by atoms with Gasteiger partial charge in [0.2, 0.25) is 0 Å². The molecule has 0 saturated carbocycles. The quantitative estimate of drug-likeness (QED) is 0.769. The minimum Gasteiger partial charge on any atom is -0.465 e. The number of fused-ring (bicyclic) bond motifs is 1. The molecule has 0 aromatic carbocycles. The third-order valence-electron chi connectivity index (χ3n) is 3.50. The lowest BCUT2D eigenvalue weighted by molar-refractivity contribution is 0.188. The maximum absolute atomic E-state index is 10.7. The fraction of sp³-hybridized carbons (Fsp3) is 0.385. The van der Waals surface area contributed by atoms with E-state index in [9.17, 15) is 4.79 Å². The van der Waals surface area contributed by atoms with Gasteiger partial charge in [0.05, 0.1) is 11.2 Å². The predicted molar refractivity (Wildman–Crippen MR) is 72.5 cm³/mol. The van der Waals surface area contributed by atoms with Crippen molar-refractivity contribution in [3.8, 4) is 0 Å². The van der Waals surface area contributed by atoms with Crippen LogP contribution in [-0.2, 0) is 0 Å². The SMILES string of the molecule is O=C(O)NC1CCCN(c2c[nH]c3cccnc23)C1. The van der Waals surface area contributed by atoms with Crippen LogP contribution in [0.1, 0.15) is 12.8 Å². The van der Waals surface area contributed by atoms with Gasteiger partial charge in [-0.1, -0.05) is 0 Å². The molecule has 1 atom stereocenters. The van der Waals surface area contributed by atoms with E-state index in [4.69, 9.17) is 5.11 Å². The number of aromatic nitrogens is 2. The van der Waals surface area contributed by atoms with E-state index < -0.39 is 6.09 Å². The summed E-state index contributed by atoms with van der Waals surface area (Å²) in [5.41, 5.74) is 3.00. The maximum atomic E-state index is 10.7. The molecule has 0 spiro atoms. The molecular weight excluding hydrogens is 244 g/mol. The summed E-state index contributed by atoms with van der Waals surface area (Å²) >= 11 is 0. The summed E-state index contributed by atoms with van der Waals surface area (Å²) in [5, 5.41) is 11.4. The highest BCUT2D eigenvalue weighted by molar-refractivity contribution is 5.89. The van der Waals surface area contributed by atoms with Crippen LogP contribution in [0.4, 0.5) is 10.5 Å². The number of nitrogens with one attached hydrogen (secondary N) is 2. The monoisotopic (exact) mass is 260 g/mol. The molecule has 1 saturated heterocycles. The highest BCUT2D eigenvalue weighted by Gasteiger charge is 2.23. The van der Waals surface area contributed by atoms with Crippen molar-refractivity contribution in [1.82, 2.24) is 15.3 Å². The molecule has 6 nitrogen and oxygen atoms in total. The maximum Gasteiger partial charge on any atom is 0.404 e. The zero-order valence-electron chi connectivity index (χ0n) is 10.5. The number of carboxylic acid groups (broad SMARTS) is 1. The standard InChI is InChI=1S/C13H16N4O2/c18-13(19)16-9-3-2-6-17(8-9)11-7-15-10-4-1-5-14-12(10)11/h1,4-5,7,9,15-16H,2-3,6,8H2,(H,18,19). The average molecular weight is 260 g/mol. The normalized spacial score (nSPS) is 19.6. The number of pyridine rings is 1. The Morgan fingerprint density at radius 2 is 2.47 bits per heavy atom. The molecule has 1 fully saturated rings. The van der Waals surface area contributed by atoms with Crippen LogP contribution in [0.2, 0.25) is 0 Å². The van der Waals surface area contributed by atoms with Gasteiger partial charge in [-0.25, -0.2) is 4.79 Å². The minimum absolute atomic E-state index is 0.0140. The summed E-state index contributed by atoms with van der Waals surface area (Å²) in [6.07, 6.45) is 4.63. The Labute approximate surface area is 110 Å². The molecule has 0 aliphatic carbocycles. The molecule has 0 bridgehead atoms. The molecule has 6 heteroatoms. The van der Waals surface area contributed by atoms with Crippen LogP contribution in [0.5, 0.6) is 0 Å². The van der Waals surface area contributed by atoms with Gasteiger partial charge in [-0.2, -0.15) is 0 Å². The van der Waals surface area contributed by atoms with Gasteiger partial charge >= 0.3 is 6.09 Å². The summed E-state index contributed by atoms with van der Waals surface area (Å²) in [5.74, 6) is 0. The van der Waals surface area contributed by atoms with Crippen LogP contribution in [0.3, 0.4) is 0 Å². The molecular formula is C13H16N4O2. The van der Waals surface area contributed by atoms with Crippen molar-refractivity contribution >= 4 is 22.8 Å². The Bertz CT molecular complexity index is 595. The Kier molecular flexibility index (Phi) is 2.98. The van der Waals surface area contributed by atoms with E-state index in [0.29, 0.717) is 6.54 Å². The number of amides is 1. The summed E-state index contributed by atoms with van der Waals surface area (Å²) in [4.78, 5) is 20.5. The van der Waals surface area contributed by atoms with E-state index in [1.807, 2.05) is 18.3 Å². The second-order valence-corrected chi connectivity index (χ2v) is 4.81. The van der Waals surface area contributed by atoms with E-state index in [-0.39, 0.29) is 6.04 Å². The number of anilines is 1. The van der Waals surface area contributed by atoms with Crippen LogP contribution in [0.15, 0.2) is 24.5 Å². The molecule has 1 aliphatic heterocycles.